The molecule has 5 aromatic rings. The fraction of sp³-hybridized carbons (Fsp3) is 0.0938. The van der Waals surface area contributed by atoms with E-state index >= 15 is 0 Å². The molecule has 1 aromatic heterocycles. The highest BCUT2D eigenvalue weighted by atomic mass is 16.1. The van der Waals surface area contributed by atoms with Gasteiger partial charge in [0.15, 0.2) is 0 Å². The predicted molar refractivity (Wildman–Crippen MR) is 151 cm³/mol. The molecule has 0 saturated heterocycles. The van der Waals surface area contributed by atoms with Gasteiger partial charge in [-0.3, -0.25) is 4.79 Å². The Morgan fingerprint density at radius 3 is 2.46 bits per heavy atom. The van der Waals surface area contributed by atoms with Gasteiger partial charge in [0, 0.05) is 34.2 Å². The monoisotopic (exact) mass is 482 g/mol. The maximum Gasteiger partial charge on any atom is 0.247 e. The minimum Gasteiger partial charge on any atom is -0.356 e. The third kappa shape index (κ3) is 4.98. The number of carbonyl (C=O) groups is 1. The Morgan fingerprint density at radius 2 is 1.65 bits per heavy atom. The van der Waals surface area contributed by atoms with Crippen molar-refractivity contribution in [2.24, 2.45) is 0 Å². The fourth-order valence-corrected chi connectivity index (χ4v) is 4.65. The zero-order chi connectivity index (χ0) is 25.2. The van der Waals surface area contributed by atoms with Crippen LogP contribution in [-0.2, 0) is 4.79 Å². The Balaban J connectivity index is 1.33. The summed E-state index contributed by atoms with van der Waals surface area (Å²) in [6.45, 7) is 3.53. The van der Waals surface area contributed by atoms with E-state index < -0.39 is 0 Å². The number of anilines is 3. The predicted octanol–water partition coefficient (Wildman–Crippen LogP) is 7.71. The van der Waals surface area contributed by atoms with Gasteiger partial charge in [0.05, 0.1) is 5.52 Å². The van der Waals surface area contributed by atoms with E-state index in [-0.39, 0.29) is 5.91 Å². The van der Waals surface area contributed by atoms with Gasteiger partial charge in [0.25, 0.3) is 0 Å². The molecule has 1 fully saturated rings. The molecular formula is C32H26N4O. The largest absolute Gasteiger partial charge is 0.356 e. The number of rotatable bonds is 7. The molecule has 1 aliphatic carbocycles. The second-order valence-electron chi connectivity index (χ2n) is 9.36. The Bertz CT molecular complexity index is 1620. The topological polar surface area (TPSA) is 66.9 Å². The molecule has 1 saturated carbocycles. The summed E-state index contributed by atoms with van der Waals surface area (Å²) in [7, 11) is 0. The lowest BCUT2D eigenvalue weighted by molar-refractivity contribution is -0.111. The van der Waals surface area contributed by atoms with Gasteiger partial charge >= 0.3 is 0 Å². The first kappa shape index (κ1) is 22.7. The maximum absolute atomic E-state index is 11.8. The highest BCUT2D eigenvalue weighted by molar-refractivity contribution is 6.01. The summed E-state index contributed by atoms with van der Waals surface area (Å²) >= 11 is 0. The minimum absolute atomic E-state index is 0.244. The Labute approximate surface area is 215 Å². The van der Waals surface area contributed by atoms with Gasteiger partial charge < -0.3 is 10.6 Å². The van der Waals surface area contributed by atoms with Crippen LogP contribution in [0, 0.1) is 0 Å². The highest BCUT2D eigenvalue weighted by Gasteiger charge is 2.23. The summed E-state index contributed by atoms with van der Waals surface area (Å²) < 4.78 is 0. The molecule has 0 aliphatic heterocycles. The first-order valence-corrected chi connectivity index (χ1v) is 12.4. The number of hydrogen-bond acceptors (Lipinski definition) is 4. The molecule has 5 heteroatoms. The van der Waals surface area contributed by atoms with Gasteiger partial charge in [-0.15, -0.1) is 0 Å². The van der Waals surface area contributed by atoms with E-state index in [4.69, 9.17) is 0 Å². The summed E-state index contributed by atoms with van der Waals surface area (Å²) in [5.41, 5.74) is 9.25. The molecule has 1 aliphatic rings. The zero-order valence-electron chi connectivity index (χ0n) is 20.3. The Morgan fingerprint density at radius 1 is 0.838 bits per heavy atom. The van der Waals surface area contributed by atoms with E-state index in [1.807, 2.05) is 30.5 Å². The van der Waals surface area contributed by atoms with Gasteiger partial charge in [-0.1, -0.05) is 43.0 Å². The number of nitrogens with zero attached hydrogens (tertiary/aromatic N) is 2. The molecule has 1 amide bonds. The first-order chi connectivity index (χ1) is 18.2. The molecule has 37 heavy (non-hydrogen) atoms. The lowest BCUT2D eigenvalue weighted by Crippen LogP contribution is -2.07. The Hall–Kier alpha value is -4.77. The molecule has 0 radical (unpaired) electrons. The quantitative estimate of drug-likeness (QED) is 0.233. The molecule has 0 bridgehead atoms. The summed E-state index contributed by atoms with van der Waals surface area (Å²) in [5.74, 6) is 0.486. The van der Waals surface area contributed by atoms with Crippen LogP contribution in [0.15, 0.2) is 110 Å². The van der Waals surface area contributed by atoms with Crippen molar-refractivity contribution in [1.82, 2.24) is 9.97 Å². The second kappa shape index (κ2) is 9.70. The minimum atomic E-state index is -0.244. The molecular weight excluding hydrogens is 456 g/mol. The molecule has 0 unspecified atom stereocenters. The zero-order valence-corrected chi connectivity index (χ0v) is 20.3. The number of amides is 1. The van der Waals surface area contributed by atoms with Crippen LogP contribution in [-0.4, -0.2) is 15.9 Å². The van der Waals surface area contributed by atoms with Crippen molar-refractivity contribution in [3.05, 3.63) is 116 Å². The summed E-state index contributed by atoms with van der Waals surface area (Å²) in [6, 6.07) is 29.2. The van der Waals surface area contributed by atoms with Crippen LogP contribution in [0.3, 0.4) is 0 Å². The first-order valence-electron chi connectivity index (χ1n) is 12.4. The number of hydrogen-bond donors (Lipinski definition) is 2. The number of fused-ring (bicyclic) bond motifs is 1. The highest BCUT2D eigenvalue weighted by Crippen LogP contribution is 2.41. The van der Waals surface area contributed by atoms with E-state index in [0.29, 0.717) is 5.69 Å². The SMILES string of the molecule is C=CC(=O)Nc1cccc(-c2cc(-c3ccc(Nc4cccc(C5CC5)c4)cc3)cc3cncnc23)c1. The number of benzene rings is 4. The van der Waals surface area contributed by atoms with Crippen molar-refractivity contribution in [2.45, 2.75) is 18.8 Å². The third-order valence-electron chi connectivity index (χ3n) is 6.68. The molecule has 6 rings (SSSR count). The molecule has 4 aromatic carbocycles. The number of aromatic nitrogens is 2. The van der Waals surface area contributed by atoms with E-state index in [0.717, 1.165) is 50.4 Å². The average molecular weight is 483 g/mol. The second-order valence-corrected chi connectivity index (χ2v) is 9.36. The average Bonchev–Trinajstić information content (AvgIpc) is 3.79. The molecule has 0 spiro atoms. The van der Waals surface area contributed by atoms with Gasteiger partial charge in [0.2, 0.25) is 5.91 Å². The van der Waals surface area contributed by atoms with Crippen LogP contribution in [0.4, 0.5) is 17.1 Å². The van der Waals surface area contributed by atoms with Crippen molar-refractivity contribution < 1.29 is 4.79 Å². The summed E-state index contributed by atoms with van der Waals surface area (Å²) in [4.78, 5) is 20.6. The van der Waals surface area contributed by atoms with E-state index in [9.17, 15) is 4.79 Å². The van der Waals surface area contributed by atoms with Crippen LogP contribution < -0.4 is 10.6 Å². The molecule has 5 nitrogen and oxygen atoms in total. The fourth-order valence-electron chi connectivity index (χ4n) is 4.65. The third-order valence-corrected chi connectivity index (χ3v) is 6.68. The molecule has 1 heterocycles. The lowest BCUT2D eigenvalue weighted by atomic mass is 9.95. The van der Waals surface area contributed by atoms with Crippen LogP contribution in [0.5, 0.6) is 0 Å². The standard InChI is InChI=1S/C32H26N4O/c1-2-31(37)36-29-8-4-6-24(17-29)30-18-25(15-26-19-33-20-34-32(26)30)22-11-13-27(14-12-22)35-28-7-3-5-23(16-28)21-9-10-21/h2-8,11-21,35H,1,9-10H2,(H,36,37). The van der Waals surface area contributed by atoms with Gasteiger partial charge in [-0.05, 0) is 95.6 Å². The van der Waals surface area contributed by atoms with Gasteiger partial charge in [-0.25, -0.2) is 9.97 Å². The normalized spacial score (nSPS) is 12.8. The van der Waals surface area contributed by atoms with Crippen LogP contribution in [0.2, 0.25) is 0 Å². The van der Waals surface area contributed by atoms with Crippen molar-refractivity contribution in [3.63, 3.8) is 0 Å². The van der Waals surface area contributed by atoms with Gasteiger partial charge in [-0.2, -0.15) is 0 Å². The van der Waals surface area contributed by atoms with E-state index in [1.165, 1.54) is 24.5 Å². The number of nitrogens with one attached hydrogen (secondary N) is 2. The van der Waals surface area contributed by atoms with E-state index in [1.54, 1.807) is 6.33 Å². The van der Waals surface area contributed by atoms with Crippen molar-refractivity contribution in [3.8, 4) is 22.3 Å². The summed E-state index contributed by atoms with van der Waals surface area (Å²) in [5, 5.41) is 7.33. The van der Waals surface area contributed by atoms with Crippen LogP contribution >= 0.6 is 0 Å². The van der Waals surface area contributed by atoms with Crippen LogP contribution in [0.25, 0.3) is 33.2 Å². The maximum atomic E-state index is 11.8. The van der Waals surface area contributed by atoms with Crippen molar-refractivity contribution in [2.75, 3.05) is 10.6 Å². The van der Waals surface area contributed by atoms with E-state index in [2.05, 4.69) is 87.8 Å². The van der Waals surface area contributed by atoms with Gasteiger partial charge in [0.1, 0.15) is 6.33 Å². The van der Waals surface area contributed by atoms with Crippen LogP contribution in [0.1, 0.15) is 24.3 Å². The smallest absolute Gasteiger partial charge is 0.247 e. The molecule has 180 valence electrons. The van der Waals surface area contributed by atoms with Crippen molar-refractivity contribution >= 4 is 33.9 Å². The summed E-state index contributed by atoms with van der Waals surface area (Å²) in [6.07, 6.45) is 7.25. The molecule has 2 N–H and O–H groups in total. The Kier molecular flexibility index (Phi) is 5.95. The van der Waals surface area contributed by atoms with Crippen molar-refractivity contribution in [1.29, 1.82) is 0 Å². The molecule has 0 atom stereocenters. The number of carbonyl (C=O) groups excluding carboxylic acids is 1. The lowest BCUT2D eigenvalue weighted by Gasteiger charge is -2.13.